The smallest absolute Gasteiger partial charge is 0.170 e. The number of aryl methyl sites for hydroxylation is 1. The predicted molar refractivity (Wildman–Crippen MR) is 102 cm³/mol. The molecule has 0 aromatic carbocycles. The van der Waals surface area contributed by atoms with Gasteiger partial charge in [0.05, 0.1) is 17.8 Å². The molecule has 2 atom stereocenters. The van der Waals surface area contributed by atoms with Gasteiger partial charge in [0.15, 0.2) is 5.11 Å². The van der Waals surface area contributed by atoms with E-state index in [1.807, 2.05) is 18.3 Å². The lowest BCUT2D eigenvalue weighted by molar-refractivity contribution is 0.287. The Balaban J connectivity index is 2.09. The molecular formula is C19H26N4S. The van der Waals surface area contributed by atoms with Gasteiger partial charge in [-0.25, -0.2) is 0 Å². The van der Waals surface area contributed by atoms with E-state index >= 15 is 0 Å². The standard InChI is InChI=1S/C19H26N4S/c1-12(2)11-23-18(15-10-13(3)22(5)14(15)4)17(21-19(23)24)16-8-6-7-9-20-16/h6-10,12,17-18H,11H2,1-5H3,(H,21,24)/t17-,18-/m1/s1. The van der Waals surface area contributed by atoms with Crippen molar-refractivity contribution >= 4 is 17.3 Å². The van der Waals surface area contributed by atoms with E-state index in [1.165, 1.54) is 17.0 Å². The van der Waals surface area contributed by atoms with Gasteiger partial charge in [0.1, 0.15) is 0 Å². The van der Waals surface area contributed by atoms with Crippen molar-refractivity contribution in [1.82, 2.24) is 19.8 Å². The van der Waals surface area contributed by atoms with Crippen molar-refractivity contribution in [3.05, 3.63) is 53.1 Å². The fourth-order valence-corrected chi connectivity index (χ4v) is 3.83. The summed E-state index contributed by atoms with van der Waals surface area (Å²) < 4.78 is 2.25. The number of thiocarbonyl (C=S) groups is 1. The second-order valence-electron chi connectivity index (χ2n) is 7.06. The van der Waals surface area contributed by atoms with E-state index in [-0.39, 0.29) is 12.1 Å². The summed E-state index contributed by atoms with van der Waals surface area (Å²) in [6.07, 6.45) is 1.85. The normalized spacial score (nSPS) is 20.8. The van der Waals surface area contributed by atoms with Crippen molar-refractivity contribution in [3.63, 3.8) is 0 Å². The number of hydrogen-bond donors (Lipinski definition) is 1. The summed E-state index contributed by atoms with van der Waals surface area (Å²) >= 11 is 5.68. The molecule has 0 unspecified atom stereocenters. The van der Waals surface area contributed by atoms with Crippen LogP contribution < -0.4 is 5.32 Å². The van der Waals surface area contributed by atoms with E-state index in [1.54, 1.807) is 0 Å². The van der Waals surface area contributed by atoms with Crippen molar-refractivity contribution in [2.24, 2.45) is 13.0 Å². The zero-order valence-corrected chi connectivity index (χ0v) is 15.9. The SMILES string of the molecule is Cc1cc([C@@H]2[C@@H](c3ccccn3)NC(=S)N2CC(C)C)c(C)n1C. The van der Waals surface area contributed by atoms with Gasteiger partial charge in [-0.3, -0.25) is 4.98 Å². The van der Waals surface area contributed by atoms with Crippen LogP contribution in [0.1, 0.15) is 48.6 Å². The van der Waals surface area contributed by atoms with Crippen LogP contribution in [-0.4, -0.2) is 26.1 Å². The third-order valence-electron chi connectivity index (χ3n) is 4.89. The quantitative estimate of drug-likeness (QED) is 0.860. The molecule has 0 bridgehead atoms. The number of rotatable bonds is 4. The van der Waals surface area contributed by atoms with E-state index in [9.17, 15) is 0 Å². The molecule has 2 aromatic rings. The number of pyridine rings is 1. The molecule has 2 aromatic heterocycles. The Morgan fingerprint density at radius 3 is 2.58 bits per heavy atom. The van der Waals surface area contributed by atoms with E-state index in [0.29, 0.717) is 5.92 Å². The summed E-state index contributed by atoms with van der Waals surface area (Å²) in [7, 11) is 2.12. The second kappa shape index (κ2) is 6.55. The molecule has 1 aliphatic heterocycles. The summed E-state index contributed by atoms with van der Waals surface area (Å²) in [6, 6.07) is 8.62. The van der Waals surface area contributed by atoms with Crippen LogP contribution in [0.5, 0.6) is 0 Å². The number of aromatic nitrogens is 2. The van der Waals surface area contributed by atoms with E-state index in [2.05, 4.69) is 66.6 Å². The molecule has 3 heterocycles. The molecule has 0 aliphatic carbocycles. The van der Waals surface area contributed by atoms with Crippen LogP contribution in [0.3, 0.4) is 0 Å². The molecule has 0 spiro atoms. The van der Waals surface area contributed by atoms with Crippen LogP contribution in [0, 0.1) is 19.8 Å². The van der Waals surface area contributed by atoms with Crippen LogP contribution >= 0.6 is 12.2 Å². The highest BCUT2D eigenvalue weighted by atomic mass is 32.1. The minimum Gasteiger partial charge on any atom is -0.352 e. The highest BCUT2D eigenvalue weighted by Gasteiger charge is 2.41. The van der Waals surface area contributed by atoms with Crippen molar-refractivity contribution in [3.8, 4) is 0 Å². The highest BCUT2D eigenvalue weighted by molar-refractivity contribution is 7.80. The van der Waals surface area contributed by atoms with Crippen molar-refractivity contribution < 1.29 is 0 Å². The zero-order valence-electron chi connectivity index (χ0n) is 15.1. The van der Waals surface area contributed by atoms with E-state index in [0.717, 1.165) is 17.4 Å². The van der Waals surface area contributed by atoms with Gasteiger partial charge >= 0.3 is 0 Å². The minimum absolute atomic E-state index is 0.0814. The Kier molecular flexibility index (Phi) is 4.63. The number of hydrogen-bond acceptors (Lipinski definition) is 2. The number of nitrogens with one attached hydrogen (secondary N) is 1. The highest BCUT2D eigenvalue weighted by Crippen LogP contribution is 2.40. The Morgan fingerprint density at radius 1 is 1.29 bits per heavy atom. The Hall–Kier alpha value is -1.88. The average molecular weight is 343 g/mol. The van der Waals surface area contributed by atoms with Crippen LogP contribution in [0.15, 0.2) is 30.5 Å². The third-order valence-corrected chi connectivity index (χ3v) is 5.24. The first-order valence-electron chi connectivity index (χ1n) is 8.51. The lowest BCUT2D eigenvalue weighted by Gasteiger charge is -2.29. The zero-order chi connectivity index (χ0) is 17.4. The van der Waals surface area contributed by atoms with Crippen molar-refractivity contribution in [2.75, 3.05) is 6.54 Å². The van der Waals surface area contributed by atoms with Gasteiger partial charge < -0.3 is 14.8 Å². The van der Waals surface area contributed by atoms with Gasteiger partial charge in [-0.1, -0.05) is 19.9 Å². The van der Waals surface area contributed by atoms with E-state index in [4.69, 9.17) is 12.2 Å². The molecular weight excluding hydrogens is 316 g/mol. The minimum atomic E-state index is 0.0814. The monoisotopic (exact) mass is 342 g/mol. The van der Waals surface area contributed by atoms with Gasteiger partial charge in [0, 0.05) is 31.2 Å². The molecule has 1 aliphatic rings. The summed E-state index contributed by atoms with van der Waals surface area (Å²) in [6.45, 7) is 9.74. The van der Waals surface area contributed by atoms with Crippen molar-refractivity contribution in [2.45, 2.75) is 39.8 Å². The summed E-state index contributed by atoms with van der Waals surface area (Å²) in [5, 5.41) is 4.34. The molecule has 0 saturated carbocycles. The topological polar surface area (TPSA) is 33.1 Å². The number of nitrogens with zero attached hydrogens (tertiary/aromatic N) is 3. The molecule has 1 N–H and O–H groups in total. The van der Waals surface area contributed by atoms with Crippen molar-refractivity contribution in [1.29, 1.82) is 0 Å². The first kappa shape index (κ1) is 17.0. The fourth-order valence-electron chi connectivity index (χ4n) is 3.52. The lowest BCUT2D eigenvalue weighted by Crippen LogP contribution is -2.33. The summed E-state index contributed by atoms with van der Waals surface area (Å²) in [5.74, 6) is 0.542. The van der Waals surface area contributed by atoms with Gasteiger partial charge in [-0.2, -0.15) is 0 Å². The van der Waals surface area contributed by atoms with Gasteiger partial charge in [0.25, 0.3) is 0 Å². The maximum Gasteiger partial charge on any atom is 0.170 e. The Morgan fingerprint density at radius 2 is 2.04 bits per heavy atom. The maximum atomic E-state index is 5.68. The van der Waals surface area contributed by atoms with Crippen LogP contribution in [0.4, 0.5) is 0 Å². The Bertz CT molecular complexity index is 735. The molecule has 5 heteroatoms. The first-order chi connectivity index (χ1) is 11.4. The first-order valence-corrected chi connectivity index (χ1v) is 8.91. The van der Waals surface area contributed by atoms with Crippen LogP contribution in [0.2, 0.25) is 0 Å². The maximum absolute atomic E-state index is 5.68. The van der Waals surface area contributed by atoms with Crippen LogP contribution in [0.25, 0.3) is 0 Å². The summed E-state index contributed by atoms with van der Waals surface area (Å²) in [4.78, 5) is 6.92. The second-order valence-corrected chi connectivity index (χ2v) is 7.44. The van der Waals surface area contributed by atoms with Crippen LogP contribution in [-0.2, 0) is 7.05 Å². The Labute approximate surface area is 149 Å². The molecule has 1 saturated heterocycles. The van der Waals surface area contributed by atoms with Gasteiger partial charge in [-0.15, -0.1) is 0 Å². The summed E-state index contributed by atoms with van der Waals surface area (Å²) in [5.41, 5.74) is 4.93. The molecule has 1 fully saturated rings. The molecule has 3 rings (SSSR count). The van der Waals surface area contributed by atoms with E-state index < -0.39 is 0 Å². The molecule has 24 heavy (non-hydrogen) atoms. The largest absolute Gasteiger partial charge is 0.352 e. The third kappa shape index (κ3) is 2.93. The molecule has 0 amide bonds. The molecule has 4 nitrogen and oxygen atoms in total. The molecule has 128 valence electrons. The van der Waals surface area contributed by atoms with Gasteiger partial charge in [-0.05, 0) is 55.7 Å². The van der Waals surface area contributed by atoms with Gasteiger partial charge in [0.2, 0.25) is 0 Å². The average Bonchev–Trinajstić information content (AvgIpc) is 3.00. The predicted octanol–water partition coefficient (Wildman–Crippen LogP) is 3.67. The molecule has 0 radical (unpaired) electrons. The lowest BCUT2D eigenvalue weighted by atomic mass is 9.96. The fraction of sp³-hybridized carbons (Fsp3) is 0.474.